The zero-order chi connectivity index (χ0) is 10.3. The summed E-state index contributed by atoms with van der Waals surface area (Å²) in [7, 11) is 0. The number of hydrogen-bond donors (Lipinski definition) is 3. The lowest BCUT2D eigenvalue weighted by atomic mass is 10.4. The molecule has 0 aromatic rings. The lowest BCUT2D eigenvalue weighted by Crippen LogP contribution is -2.25. The van der Waals surface area contributed by atoms with Gasteiger partial charge in [0.1, 0.15) is 0 Å². The Morgan fingerprint density at radius 1 is 1.62 bits per heavy atom. The average molecular weight is 189 g/mol. The molecule has 0 amide bonds. The number of carboxylic acid groups (broad SMARTS) is 1. The smallest absolute Gasteiger partial charge is 0.305 e. The first kappa shape index (κ1) is 11.7. The number of nitrogens with two attached hydrogens (primary N) is 2. The minimum absolute atomic E-state index is 0.00778. The molecule has 76 valence electrons. The van der Waals surface area contributed by atoms with E-state index in [2.05, 4.69) is 4.99 Å². The van der Waals surface area contributed by atoms with Gasteiger partial charge in [-0.3, -0.25) is 9.79 Å². The summed E-state index contributed by atoms with van der Waals surface area (Å²) >= 11 is 0. The molecular weight excluding hydrogens is 174 g/mol. The second kappa shape index (κ2) is 6.24. The number of aliphatic carboxylic acids is 1. The summed E-state index contributed by atoms with van der Waals surface area (Å²) in [6.07, 6.45) is -0.173. The Morgan fingerprint density at radius 3 is 2.69 bits per heavy atom. The Hall–Kier alpha value is -1.30. The Morgan fingerprint density at radius 2 is 2.23 bits per heavy atom. The predicted octanol–water partition coefficient (Wildman–Crippen LogP) is -0.860. The van der Waals surface area contributed by atoms with Crippen molar-refractivity contribution in [2.75, 3.05) is 13.2 Å². The van der Waals surface area contributed by atoms with Crippen LogP contribution in [-0.2, 0) is 9.53 Å². The molecule has 0 radical (unpaired) electrons. The van der Waals surface area contributed by atoms with E-state index in [1.165, 1.54) is 0 Å². The summed E-state index contributed by atoms with van der Waals surface area (Å²) in [6.45, 7) is 2.30. The monoisotopic (exact) mass is 189 g/mol. The first-order chi connectivity index (χ1) is 6.02. The van der Waals surface area contributed by atoms with Gasteiger partial charge in [0.25, 0.3) is 0 Å². The van der Waals surface area contributed by atoms with Gasteiger partial charge in [-0.15, -0.1) is 0 Å². The molecule has 0 aliphatic heterocycles. The maximum Gasteiger partial charge on any atom is 0.305 e. The van der Waals surface area contributed by atoms with Gasteiger partial charge in [0.2, 0.25) is 0 Å². The second-order valence-electron chi connectivity index (χ2n) is 2.59. The molecule has 0 spiro atoms. The molecule has 0 aromatic heterocycles. The number of nitrogens with zero attached hydrogens (tertiary/aromatic N) is 1. The Bertz CT molecular complexity index is 189. The molecule has 5 N–H and O–H groups in total. The minimum atomic E-state index is -0.881. The van der Waals surface area contributed by atoms with Crippen LogP contribution < -0.4 is 11.5 Å². The fourth-order valence-corrected chi connectivity index (χ4v) is 0.634. The van der Waals surface area contributed by atoms with Crippen LogP contribution in [-0.4, -0.2) is 36.3 Å². The number of rotatable bonds is 6. The molecule has 6 heteroatoms. The van der Waals surface area contributed by atoms with Gasteiger partial charge in [-0.25, -0.2) is 0 Å². The number of carboxylic acids is 1. The van der Waals surface area contributed by atoms with E-state index in [0.717, 1.165) is 0 Å². The fourth-order valence-electron chi connectivity index (χ4n) is 0.634. The molecule has 0 fully saturated rings. The van der Waals surface area contributed by atoms with Crippen LogP contribution in [0.4, 0.5) is 0 Å². The summed E-state index contributed by atoms with van der Waals surface area (Å²) < 4.78 is 5.10. The summed E-state index contributed by atoms with van der Waals surface area (Å²) in [5, 5.41) is 8.30. The van der Waals surface area contributed by atoms with Gasteiger partial charge in [0.15, 0.2) is 5.96 Å². The van der Waals surface area contributed by atoms with Crippen molar-refractivity contribution in [2.45, 2.75) is 19.4 Å². The van der Waals surface area contributed by atoms with Crippen molar-refractivity contribution in [3.63, 3.8) is 0 Å². The van der Waals surface area contributed by atoms with E-state index in [0.29, 0.717) is 6.54 Å². The van der Waals surface area contributed by atoms with Gasteiger partial charge in [-0.05, 0) is 6.92 Å². The molecule has 13 heavy (non-hydrogen) atoms. The quantitative estimate of drug-likeness (QED) is 0.372. The molecule has 0 rings (SSSR count). The van der Waals surface area contributed by atoms with E-state index < -0.39 is 5.97 Å². The van der Waals surface area contributed by atoms with E-state index in [9.17, 15) is 4.79 Å². The van der Waals surface area contributed by atoms with Crippen molar-refractivity contribution in [2.24, 2.45) is 16.5 Å². The Kier molecular flexibility index (Phi) is 5.62. The Labute approximate surface area is 76.6 Å². The Balaban J connectivity index is 3.46. The summed E-state index contributed by atoms with van der Waals surface area (Å²) in [5.74, 6) is -0.872. The third-order valence-corrected chi connectivity index (χ3v) is 1.25. The van der Waals surface area contributed by atoms with Gasteiger partial charge in [-0.1, -0.05) is 0 Å². The van der Waals surface area contributed by atoms with Gasteiger partial charge < -0.3 is 21.3 Å². The highest BCUT2D eigenvalue weighted by Crippen LogP contribution is 1.93. The van der Waals surface area contributed by atoms with Crippen LogP contribution in [0.5, 0.6) is 0 Å². The van der Waals surface area contributed by atoms with Gasteiger partial charge in [0, 0.05) is 0 Å². The molecular formula is C7H15N3O3. The van der Waals surface area contributed by atoms with Crippen molar-refractivity contribution < 1.29 is 14.6 Å². The third kappa shape index (κ3) is 8.61. The molecule has 0 aliphatic carbocycles. The zero-order valence-corrected chi connectivity index (χ0v) is 7.56. The molecule has 1 unspecified atom stereocenters. The maximum absolute atomic E-state index is 10.1. The van der Waals surface area contributed by atoms with Crippen LogP contribution in [0.15, 0.2) is 4.99 Å². The molecule has 0 saturated heterocycles. The van der Waals surface area contributed by atoms with Gasteiger partial charge in [-0.2, -0.15) is 0 Å². The summed E-state index contributed by atoms with van der Waals surface area (Å²) in [6, 6.07) is 0. The molecule has 1 atom stereocenters. The van der Waals surface area contributed by atoms with Crippen LogP contribution >= 0.6 is 0 Å². The maximum atomic E-state index is 10.1. The minimum Gasteiger partial charge on any atom is -0.481 e. The van der Waals surface area contributed by atoms with E-state index in [4.69, 9.17) is 21.3 Å². The number of ether oxygens (including phenoxy) is 1. The van der Waals surface area contributed by atoms with Gasteiger partial charge in [0.05, 0.1) is 25.7 Å². The number of carbonyl (C=O) groups is 1. The van der Waals surface area contributed by atoms with Crippen molar-refractivity contribution >= 4 is 11.9 Å². The predicted molar refractivity (Wildman–Crippen MR) is 48.3 cm³/mol. The fraction of sp³-hybridized carbons (Fsp3) is 0.714. The first-order valence-electron chi connectivity index (χ1n) is 3.91. The molecule has 0 saturated carbocycles. The molecule has 6 nitrogen and oxygen atoms in total. The highest BCUT2D eigenvalue weighted by molar-refractivity contribution is 5.75. The van der Waals surface area contributed by atoms with Crippen molar-refractivity contribution in [3.05, 3.63) is 0 Å². The molecule has 0 aromatic carbocycles. The third-order valence-electron chi connectivity index (χ3n) is 1.25. The lowest BCUT2D eigenvalue weighted by Gasteiger charge is -2.08. The summed E-state index contributed by atoms with van der Waals surface area (Å²) in [4.78, 5) is 13.8. The van der Waals surface area contributed by atoms with Crippen LogP contribution in [0.1, 0.15) is 13.3 Å². The van der Waals surface area contributed by atoms with Gasteiger partial charge >= 0.3 is 5.97 Å². The normalized spacial score (nSPS) is 12.1. The van der Waals surface area contributed by atoms with Crippen LogP contribution in [0.2, 0.25) is 0 Å². The highest BCUT2D eigenvalue weighted by Gasteiger charge is 2.02. The highest BCUT2D eigenvalue weighted by atomic mass is 16.5. The van der Waals surface area contributed by atoms with Crippen LogP contribution in [0, 0.1) is 0 Å². The second-order valence-corrected chi connectivity index (χ2v) is 2.59. The van der Waals surface area contributed by atoms with E-state index >= 15 is 0 Å². The number of guanidine groups is 1. The van der Waals surface area contributed by atoms with Crippen LogP contribution in [0.3, 0.4) is 0 Å². The average Bonchev–Trinajstić information content (AvgIpc) is 2.00. The van der Waals surface area contributed by atoms with Crippen molar-refractivity contribution in [1.29, 1.82) is 0 Å². The standard InChI is InChI=1S/C7H15N3O3/c1-5(4-10-7(8)9)13-3-2-6(11)12/h5H,2-4H2,1H3,(H,11,12)(H4,8,9,10). The van der Waals surface area contributed by atoms with E-state index in [1.54, 1.807) is 6.92 Å². The number of aliphatic imine (C=N–C) groups is 1. The largest absolute Gasteiger partial charge is 0.481 e. The zero-order valence-electron chi connectivity index (χ0n) is 7.56. The molecule has 0 aliphatic rings. The van der Waals surface area contributed by atoms with Crippen molar-refractivity contribution in [3.8, 4) is 0 Å². The van der Waals surface area contributed by atoms with E-state index in [1.807, 2.05) is 0 Å². The number of hydrogen-bond acceptors (Lipinski definition) is 3. The van der Waals surface area contributed by atoms with Crippen LogP contribution in [0.25, 0.3) is 0 Å². The molecule has 0 bridgehead atoms. The SMILES string of the molecule is CC(CN=C(N)N)OCCC(=O)O. The first-order valence-corrected chi connectivity index (χ1v) is 3.91. The molecule has 0 heterocycles. The van der Waals surface area contributed by atoms with Crippen molar-refractivity contribution in [1.82, 2.24) is 0 Å². The summed E-state index contributed by atoms with van der Waals surface area (Å²) in [5.41, 5.74) is 10.2. The van der Waals surface area contributed by atoms with E-state index in [-0.39, 0.29) is 25.1 Å². The lowest BCUT2D eigenvalue weighted by molar-refractivity contribution is -0.138. The topological polar surface area (TPSA) is 111 Å².